The van der Waals surface area contributed by atoms with Crippen molar-refractivity contribution in [1.29, 1.82) is 0 Å². The Labute approximate surface area is 308 Å². The summed E-state index contributed by atoms with van der Waals surface area (Å²) in [7, 11) is 3.22. The first kappa shape index (κ1) is 36.6. The van der Waals surface area contributed by atoms with Crippen LogP contribution in [0.5, 0.6) is 11.5 Å². The molecule has 264 valence electrons. The van der Waals surface area contributed by atoms with Crippen LogP contribution in [0.25, 0.3) is 22.6 Å². The fourth-order valence-electron chi connectivity index (χ4n) is 4.60. The van der Waals surface area contributed by atoms with Gasteiger partial charge in [0.2, 0.25) is 0 Å². The van der Waals surface area contributed by atoms with Crippen LogP contribution in [0.2, 0.25) is 0 Å². The van der Waals surface area contributed by atoms with E-state index in [4.69, 9.17) is 19.6 Å². The molecule has 0 radical (unpaired) electrons. The van der Waals surface area contributed by atoms with Gasteiger partial charge in [-0.2, -0.15) is 4.98 Å². The minimum Gasteiger partial charge on any atom is -0.497 e. The molecule has 7 aromatic rings. The zero-order chi connectivity index (χ0) is 36.7. The predicted molar refractivity (Wildman–Crippen MR) is 203 cm³/mol. The molecule has 0 aliphatic heterocycles. The lowest BCUT2D eigenvalue weighted by molar-refractivity contribution is 0.102. The van der Waals surface area contributed by atoms with Crippen molar-refractivity contribution >= 4 is 45.1 Å². The number of imidazole rings is 2. The van der Waals surface area contributed by atoms with Gasteiger partial charge in [0.25, 0.3) is 6.01 Å². The van der Waals surface area contributed by atoms with Gasteiger partial charge in [-0.15, -0.1) is 0 Å². The highest BCUT2D eigenvalue weighted by Crippen LogP contribution is 2.25. The van der Waals surface area contributed by atoms with Gasteiger partial charge in [0.05, 0.1) is 32.2 Å². The fraction of sp³-hybridized carbons (Fsp3) is 0.0789. The van der Waals surface area contributed by atoms with Crippen LogP contribution >= 0.6 is 15.9 Å². The number of benzene rings is 4. The van der Waals surface area contributed by atoms with Crippen molar-refractivity contribution in [3.63, 3.8) is 0 Å². The van der Waals surface area contributed by atoms with Gasteiger partial charge >= 0.3 is 6.03 Å². The number of carbonyl (C=O) groups is 2. The minimum absolute atomic E-state index is 0.0900. The van der Waals surface area contributed by atoms with Crippen LogP contribution in [-0.4, -0.2) is 55.5 Å². The second kappa shape index (κ2) is 18.4. The molecule has 0 spiro atoms. The summed E-state index contributed by atoms with van der Waals surface area (Å²) in [5.41, 5.74) is 11.0. The van der Waals surface area contributed by atoms with E-state index in [1.807, 2.05) is 94.3 Å². The molecule has 3 aromatic heterocycles. The summed E-state index contributed by atoms with van der Waals surface area (Å²) in [5, 5.41) is 5.93. The van der Waals surface area contributed by atoms with Gasteiger partial charge in [-0.05, 0) is 84.9 Å². The van der Waals surface area contributed by atoms with Crippen LogP contribution in [0, 0.1) is 0 Å². The Morgan fingerprint density at radius 2 is 1.27 bits per heavy atom. The number of nitrogens with two attached hydrogens (primary N) is 1. The summed E-state index contributed by atoms with van der Waals surface area (Å²) < 4.78 is 19.4. The van der Waals surface area contributed by atoms with Crippen LogP contribution in [0.4, 0.5) is 22.2 Å². The third-order valence-electron chi connectivity index (χ3n) is 7.28. The Balaban J connectivity index is 0.000000165. The molecule has 14 heteroatoms. The second-order valence-electron chi connectivity index (χ2n) is 10.7. The Morgan fingerprint density at radius 1 is 0.750 bits per heavy atom. The van der Waals surface area contributed by atoms with E-state index in [0.717, 1.165) is 45.4 Å². The van der Waals surface area contributed by atoms with Crippen LogP contribution in [-0.2, 0) is 0 Å². The first-order valence-electron chi connectivity index (χ1n) is 15.7. The quantitative estimate of drug-likeness (QED) is 0.0928. The minimum atomic E-state index is -0.569. The topological polar surface area (TPSA) is 164 Å². The zero-order valence-corrected chi connectivity index (χ0v) is 29.8. The maximum atomic E-state index is 11.3. The molecular weight excluding hydrogens is 728 g/mol. The van der Waals surface area contributed by atoms with Gasteiger partial charge in [0.1, 0.15) is 23.5 Å². The van der Waals surface area contributed by atoms with Crippen molar-refractivity contribution in [3.05, 3.63) is 146 Å². The van der Waals surface area contributed by atoms with E-state index in [9.17, 15) is 9.59 Å². The number of primary amides is 1. The summed E-state index contributed by atoms with van der Waals surface area (Å²) in [6.07, 6.45) is 12.4. The third-order valence-corrected chi connectivity index (χ3v) is 7.79. The number of aromatic nitrogens is 5. The molecule has 0 atom stereocenters. The molecule has 0 aliphatic rings. The lowest BCUT2D eigenvalue weighted by Crippen LogP contribution is -2.19. The molecule has 0 aliphatic carbocycles. The molecule has 7 rings (SSSR count). The molecule has 0 unspecified atom stereocenters. The van der Waals surface area contributed by atoms with Gasteiger partial charge in [-0.3, -0.25) is 4.79 Å². The number of alkyl halides is 1. The van der Waals surface area contributed by atoms with E-state index in [1.54, 1.807) is 69.8 Å². The SMILES string of the molecule is COc1ccc(NC(N)=O)cc1.COc1ccc(Nc2nc(-c3ccc(-n4ccnc4)cc3)co2)cc1.O=C(CBr)c1ccc(-n2ccnc2)cc1. The van der Waals surface area contributed by atoms with Gasteiger partial charge in [-0.25, -0.2) is 14.8 Å². The highest BCUT2D eigenvalue weighted by molar-refractivity contribution is 9.09. The molecule has 2 amide bonds. The van der Waals surface area contributed by atoms with Crippen LogP contribution < -0.4 is 25.8 Å². The highest BCUT2D eigenvalue weighted by Gasteiger charge is 2.08. The van der Waals surface area contributed by atoms with Crippen molar-refractivity contribution in [1.82, 2.24) is 24.1 Å². The van der Waals surface area contributed by atoms with Gasteiger partial charge in [0.15, 0.2) is 5.78 Å². The molecule has 0 saturated heterocycles. The molecule has 52 heavy (non-hydrogen) atoms. The van der Waals surface area contributed by atoms with E-state index in [0.29, 0.717) is 17.0 Å². The van der Waals surface area contributed by atoms with Crippen molar-refractivity contribution in [2.24, 2.45) is 5.73 Å². The summed E-state index contributed by atoms with van der Waals surface area (Å²) in [6.45, 7) is 0. The number of hydrogen-bond donors (Lipinski definition) is 3. The van der Waals surface area contributed by atoms with E-state index in [-0.39, 0.29) is 5.78 Å². The largest absolute Gasteiger partial charge is 0.497 e. The number of anilines is 3. The summed E-state index contributed by atoms with van der Waals surface area (Å²) >= 11 is 3.14. The predicted octanol–water partition coefficient (Wildman–Crippen LogP) is 7.92. The Hall–Kier alpha value is -6.67. The molecule has 0 saturated carbocycles. The fourth-order valence-corrected chi connectivity index (χ4v) is 4.93. The maximum absolute atomic E-state index is 11.3. The van der Waals surface area contributed by atoms with Crippen molar-refractivity contribution < 1.29 is 23.5 Å². The number of oxazole rings is 1. The Morgan fingerprint density at radius 3 is 1.73 bits per heavy atom. The lowest BCUT2D eigenvalue weighted by atomic mass is 10.1. The normalized spacial score (nSPS) is 10.1. The summed E-state index contributed by atoms with van der Waals surface area (Å²) in [4.78, 5) is 34.2. The number of Topliss-reactive ketones (excluding diaryl/α,β-unsaturated/α-hetero) is 1. The summed E-state index contributed by atoms with van der Waals surface area (Å²) in [5.74, 6) is 1.63. The molecule has 0 fully saturated rings. The van der Waals surface area contributed by atoms with E-state index < -0.39 is 6.03 Å². The van der Waals surface area contributed by atoms with E-state index in [1.165, 1.54) is 0 Å². The third kappa shape index (κ3) is 10.4. The molecule has 13 nitrogen and oxygen atoms in total. The number of hydrogen-bond acceptors (Lipinski definition) is 9. The summed E-state index contributed by atoms with van der Waals surface area (Å²) in [6, 6.07) is 29.8. The van der Waals surface area contributed by atoms with Gasteiger partial charge in [0, 0.05) is 58.7 Å². The zero-order valence-electron chi connectivity index (χ0n) is 28.2. The van der Waals surface area contributed by atoms with Crippen molar-refractivity contribution in [2.75, 3.05) is 30.2 Å². The maximum Gasteiger partial charge on any atom is 0.316 e. The first-order valence-corrected chi connectivity index (χ1v) is 16.8. The molecular formula is C38H35BrN8O5. The number of methoxy groups -OCH3 is 2. The lowest BCUT2D eigenvalue weighted by Gasteiger charge is -2.03. The molecule has 4 N–H and O–H groups in total. The molecule has 4 aromatic carbocycles. The van der Waals surface area contributed by atoms with Crippen molar-refractivity contribution in [3.8, 4) is 34.1 Å². The molecule has 3 heterocycles. The smallest absolute Gasteiger partial charge is 0.316 e. The second-order valence-corrected chi connectivity index (χ2v) is 11.3. The van der Waals surface area contributed by atoms with Crippen LogP contribution in [0.1, 0.15) is 10.4 Å². The standard InChI is InChI=1S/C19H16N4O2.C11H9BrN2O.C8H10N2O2/c1-24-17-8-4-15(5-9-17)21-19-22-18(12-25-19)14-2-6-16(7-3-14)23-11-10-20-13-23;12-7-11(15)9-1-3-10(4-2-9)14-6-5-13-8-14;1-12-7-4-2-6(3-5-7)10-8(9)11/h2-13H,1H3,(H,21,22);1-6,8H,7H2;2-5H,1H3,(H3,9,10,11). The Bertz CT molecular complexity index is 2120. The average molecular weight is 764 g/mol. The van der Waals surface area contributed by atoms with E-state index >= 15 is 0 Å². The Kier molecular flexibility index (Phi) is 12.9. The van der Waals surface area contributed by atoms with Gasteiger partial charge < -0.3 is 39.4 Å². The van der Waals surface area contributed by atoms with E-state index in [2.05, 4.69) is 41.5 Å². The first-order chi connectivity index (χ1) is 25.3. The number of nitrogens with zero attached hydrogens (tertiary/aromatic N) is 5. The monoisotopic (exact) mass is 762 g/mol. The van der Waals surface area contributed by atoms with Crippen LogP contribution in [0.3, 0.4) is 0 Å². The number of urea groups is 1. The number of ether oxygens (including phenoxy) is 2. The average Bonchev–Trinajstić information content (AvgIpc) is 4.01. The van der Waals surface area contributed by atoms with Crippen LogP contribution in [0.15, 0.2) is 145 Å². The van der Waals surface area contributed by atoms with Crippen molar-refractivity contribution in [2.45, 2.75) is 0 Å². The number of ketones is 1. The molecule has 0 bridgehead atoms. The number of carbonyl (C=O) groups excluding carboxylic acids is 2. The number of amides is 2. The number of rotatable bonds is 10. The highest BCUT2D eigenvalue weighted by atomic mass is 79.9. The number of halogens is 1. The van der Waals surface area contributed by atoms with Gasteiger partial charge in [-0.1, -0.05) is 28.1 Å². The number of nitrogens with one attached hydrogen (secondary N) is 2.